The van der Waals surface area contributed by atoms with Gasteiger partial charge in [-0.3, -0.25) is 9.59 Å². The van der Waals surface area contributed by atoms with Crippen LogP contribution in [0.25, 0.3) is 0 Å². The van der Waals surface area contributed by atoms with Crippen LogP contribution in [0.15, 0.2) is 36.9 Å². The maximum atomic E-state index is 13.6. The number of amides is 2. The van der Waals surface area contributed by atoms with Gasteiger partial charge in [-0.2, -0.15) is 0 Å². The Kier molecular flexibility index (Phi) is 4.13. The molecule has 0 spiro atoms. The lowest BCUT2D eigenvalue weighted by atomic mass is 10.2. The van der Waals surface area contributed by atoms with Gasteiger partial charge in [0.25, 0.3) is 0 Å². The molecular formula is C15H13FN4O3. The van der Waals surface area contributed by atoms with Crippen LogP contribution in [-0.2, 0) is 16.0 Å². The van der Waals surface area contributed by atoms with Crippen molar-refractivity contribution >= 4 is 17.5 Å². The number of nitrogens with one attached hydrogen (secondary N) is 2. The third-order valence-corrected chi connectivity index (χ3v) is 3.10. The van der Waals surface area contributed by atoms with E-state index in [1.54, 1.807) is 0 Å². The van der Waals surface area contributed by atoms with Gasteiger partial charge in [-0.25, -0.2) is 14.4 Å². The second-order valence-corrected chi connectivity index (χ2v) is 5.03. The highest BCUT2D eigenvalue weighted by Crippen LogP contribution is 2.23. The summed E-state index contributed by atoms with van der Waals surface area (Å²) in [6, 6.07) is 3.86. The van der Waals surface area contributed by atoms with Crippen molar-refractivity contribution in [1.29, 1.82) is 0 Å². The van der Waals surface area contributed by atoms with E-state index >= 15 is 0 Å². The molecule has 1 unspecified atom stereocenters. The fourth-order valence-corrected chi connectivity index (χ4v) is 2.08. The highest BCUT2D eigenvalue weighted by atomic mass is 19.1. The molecule has 7 nitrogen and oxygen atoms in total. The molecule has 1 atom stereocenters. The van der Waals surface area contributed by atoms with Crippen molar-refractivity contribution in [3.63, 3.8) is 0 Å². The minimum atomic E-state index is -0.550. The van der Waals surface area contributed by atoms with Gasteiger partial charge in [0.05, 0.1) is 12.8 Å². The molecule has 8 heteroatoms. The zero-order chi connectivity index (χ0) is 16.2. The number of hydrogen-bond donors (Lipinski definition) is 2. The Labute approximate surface area is 130 Å². The van der Waals surface area contributed by atoms with E-state index in [4.69, 9.17) is 4.74 Å². The standard InChI is InChI=1S/C15H13FN4O3/c16-10-2-11(4-12(3-10)23-15-5-14(22)20-15)19-13(21)1-9-6-17-8-18-7-9/h2-4,6-8,15H,1,5H2,(H,19,21)(H,20,22). The third kappa shape index (κ3) is 4.00. The minimum absolute atomic E-state index is 0.0756. The second-order valence-electron chi connectivity index (χ2n) is 5.03. The van der Waals surface area contributed by atoms with Crippen LogP contribution in [0.3, 0.4) is 0 Å². The fourth-order valence-electron chi connectivity index (χ4n) is 2.08. The zero-order valence-electron chi connectivity index (χ0n) is 12.0. The number of ether oxygens (including phenoxy) is 1. The first-order valence-corrected chi connectivity index (χ1v) is 6.89. The lowest BCUT2D eigenvalue weighted by Gasteiger charge is -2.27. The molecule has 2 amide bonds. The molecule has 1 aliphatic rings. The number of anilines is 1. The molecule has 0 radical (unpaired) electrons. The summed E-state index contributed by atoms with van der Waals surface area (Å²) in [5, 5.41) is 5.11. The Morgan fingerprint density at radius 2 is 2.09 bits per heavy atom. The number of carbonyl (C=O) groups excluding carboxylic acids is 2. The number of halogens is 1. The van der Waals surface area contributed by atoms with E-state index in [2.05, 4.69) is 20.6 Å². The quantitative estimate of drug-likeness (QED) is 0.803. The van der Waals surface area contributed by atoms with Crippen LogP contribution in [-0.4, -0.2) is 28.0 Å². The lowest BCUT2D eigenvalue weighted by molar-refractivity contribution is -0.134. The van der Waals surface area contributed by atoms with Gasteiger partial charge in [-0.1, -0.05) is 0 Å². The lowest BCUT2D eigenvalue weighted by Crippen LogP contribution is -2.51. The molecule has 0 aliphatic carbocycles. The number of aromatic nitrogens is 2. The van der Waals surface area contributed by atoms with E-state index in [1.807, 2.05) is 0 Å². The van der Waals surface area contributed by atoms with Gasteiger partial charge in [0, 0.05) is 30.2 Å². The first-order valence-electron chi connectivity index (χ1n) is 6.89. The summed E-state index contributed by atoms with van der Waals surface area (Å²) in [5.74, 6) is -0.766. The van der Waals surface area contributed by atoms with Crippen molar-refractivity contribution in [2.45, 2.75) is 19.1 Å². The summed E-state index contributed by atoms with van der Waals surface area (Å²) in [6.45, 7) is 0. The van der Waals surface area contributed by atoms with Gasteiger partial charge < -0.3 is 15.4 Å². The summed E-state index contributed by atoms with van der Waals surface area (Å²) in [7, 11) is 0. The molecule has 3 rings (SSSR count). The highest BCUT2D eigenvalue weighted by molar-refractivity contribution is 5.92. The van der Waals surface area contributed by atoms with Crippen molar-refractivity contribution in [3.8, 4) is 5.75 Å². The number of benzene rings is 1. The minimum Gasteiger partial charge on any atom is -0.470 e. The topological polar surface area (TPSA) is 93.2 Å². The smallest absolute Gasteiger partial charge is 0.228 e. The summed E-state index contributed by atoms with van der Waals surface area (Å²) in [4.78, 5) is 30.4. The molecule has 118 valence electrons. The number of β-lactam (4-membered cyclic amide) rings is 1. The number of hydrogen-bond acceptors (Lipinski definition) is 5. The Balaban J connectivity index is 1.63. The predicted octanol–water partition coefficient (Wildman–Crippen LogP) is 1.02. The van der Waals surface area contributed by atoms with Gasteiger partial charge in [0.1, 0.15) is 17.9 Å². The fraction of sp³-hybridized carbons (Fsp3) is 0.200. The maximum Gasteiger partial charge on any atom is 0.228 e. The molecule has 2 heterocycles. The average Bonchev–Trinajstić information content (AvgIpc) is 2.46. The molecule has 1 aliphatic heterocycles. The molecule has 1 fully saturated rings. The predicted molar refractivity (Wildman–Crippen MR) is 77.9 cm³/mol. The van der Waals surface area contributed by atoms with Crippen molar-refractivity contribution in [3.05, 3.63) is 48.3 Å². The normalized spacial score (nSPS) is 16.2. The van der Waals surface area contributed by atoms with E-state index in [9.17, 15) is 14.0 Å². The molecule has 0 saturated carbocycles. The van der Waals surface area contributed by atoms with E-state index in [0.717, 1.165) is 0 Å². The number of nitrogens with zero attached hydrogens (tertiary/aromatic N) is 2. The van der Waals surface area contributed by atoms with E-state index in [-0.39, 0.29) is 36.1 Å². The van der Waals surface area contributed by atoms with Gasteiger partial charge in [-0.05, 0) is 11.6 Å². The molecule has 1 aromatic heterocycles. The highest BCUT2D eigenvalue weighted by Gasteiger charge is 2.27. The van der Waals surface area contributed by atoms with Gasteiger partial charge in [-0.15, -0.1) is 0 Å². The van der Waals surface area contributed by atoms with Crippen molar-refractivity contribution in [1.82, 2.24) is 15.3 Å². The molecule has 2 N–H and O–H groups in total. The van der Waals surface area contributed by atoms with Crippen molar-refractivity contribution < 1.29 is 18.7 Å². The zero-order valence-corrected chi connectivity index (χ0v) is 12.0. The van der Waals surface area contributed by atoms with Crippen molar-refractivity contribution in [2.24, 2.45) is 0 Å². The first kappa shape index (κ1) is 14.9. The SMILES string of the molecule is O=C(Cc1cncnc1)Nc1cc(F)cc(OC2CC(=O)N2)c1. The van der Waals surface area contributed by atoms with Crippen LogP contribution in [0.1, 0.15) is 12.0 Å². The Morgan fingerprint density at radius 1 is 1.35 bits per heavy atom. The van der Waals surface area contributed by atoms with E-state index < -0.39 is 12.0 Å². The molecular weight excluding hydrogens is 303 g/mol. The van der Waals surface area contributed by atoms with Gasteiger partial charge >= 0.3 is 0 Å². The van der Waals surface area contributed by atoms with E-state index in [1.165, 1.54) is 36.9 Å². The number of carbonyl (C=O) groups is 2. The van der Waals surface area contributed by atoms with Crippen LogP contribution in [0.4, 0.5) is 10.1 Å². The summed E-state index contributed by atoms with van der Waals surface area (Å²) >= 11 is 0. The van der Waals surface area contributed by atoms with Crippen LogP contribution in [0.2, 0.25) is 0 Å². The third-order valence-electron chi connectivity index (χ3n) is 3.10. The monoisotopic (exact) mass is 316 g/mol. The Morgan fingerprint density at radius 3 is 2.78 bits per heavy atom. The Bertz CT molecular complexity index is 731. The largest absolute Gasteiger partial charge is 0.470 e. The summed E-state index contributed by atoms with van der Waals surface area (Å²) in [5.41, 5.74) is 0.919. The van der Waals surface area contributed by atoms with Crippen LogP contribution in [0, 0.1) is 5.82 Å². The molecule has 23 heavy (non-hydrogen) atoms. The Hall–Kier alpha value is -3.03. The maximum absolute atomic E-state index is 13.6. The molecule has 1 aromatic carbocycles. The van der Waals surface area contributed by atoms with Gasteiger partial charge in [0.15, 0.2) is 6.23 Å². The van der Waals surface area contributed by atoms with E-state index in [0.29, 0.717) is 5.56 Å². The molecule has 1 saturated heterocycles. The van der Waals surface area contributed by atoms with Crippen LogP contribution in [0.5, 0.6) is 5.75 Å². The summed E-state index contributed by atoms with van der Waals surface area (Å²) < 4.78 is 19.0. The number of rotatable bonds is 5. The average molecular weight is 316 g/mol. The van der Waals surface area contributed by atoms with Crippen molar-refractivity contribution in [2.75, 3.05) is 5.32 Å². The second kappa shape index (κ2) is 6.39. The first-order chi connectivity index (χ1) is 11.1. The molecule has 2 aromatic rings. The van der Waals surface area contributed by atoms with Gasteiger partial charge in [0.2, 0.25) is 11.8 Å². The van der Waals surface area contributed by atoms with Crippen LogP contribution < -0.4 is 15.4 Å². The van der Waals surface area contributed by atoms with Crippen LogP contribution >= 0.6 is 0 Å². The summed E-state index contributed by atoms with van der Waals surface area (Å²) in [6.07, 6.45) is 4.28. The molecule has 0 bridgehead atoms.